The lowest BCUT2D eigenvalue weighted by molar-refractivity contribution is 0.0593. The molecule has 0 atom stereocenters. The molecule has 18 heavy (non-hydrogen) atoms. The quantitative estimate of drug-likeness (QED) is 0.789. The smallest absolute Gasteiger partial charge is 0.360 e. The second kappa shape index (κ2) is 5.00. The van der Waals surface area contributed by atoms with E-state index in [1.165, 1.54) is 7.11 Å². The molecule has 1 aromatic heterocycles. The van der Waals surface area contributed by atoms with E-state index in [9.17, 15) is 4.79 Å². The Bertz CT molecular complexity index is 587. The number of oxazole rings is 1. The number of rotatable bonds is 2. The van der Waals surface area contributed by atoms with E-state index in [-0.39, 0.29) is 11.6 Å². The number of carbonyl (C=O) groups is 1. The zero-order valence-corrected chi connectivity index (χ0v) is 11.2. The molecule has 94 valence electrons. The van der Waals surface area contributed by atoms with Crippen LogP contribution in [0.1, 0.15) is 16.2 Å². The van der Waals surface area contributed by atoms with Gasteiger partial charge in [0.05, 0.1) is 22.7 Å². The third-order valence-electron chi connectivity index (χ3n) is 2.35. The monoisotopic (exact) mass is 285 g/mol. The van der Waals surface area contributed by atoms with Gasteiger partial charge in [0.1, 0.15) is 5.76 Å². The SMILES string of the molecule is COC(=O)c1nc(-c2c(Cl)cccc2Cl)oc1C. The molecule has 0 unspecified atom stereocenters. The van der Waals surface area contributed by atoms with E-state index >= 15 is 0 Å². The summed E-state index contributed by atoms with van der Waals surface area (Å²) in [6.45, 7) is 1.62. The molecule has 0 saturated heterocycles. The summed E-state index contributed by atoms with van der Waals surface area (Å²) in [5.74, 6) is -0.0120. The summed E-state index contributed by atoms with van der Waals surface area (Å²) in [5, 5.41) is 0.806. The topological polar surface area (TPSA) is 52.3 Å². The molecule has 0 aliphatic rings. The minimum Gasteiger partial charge on any atom is -0.464 e. The lowest BCUT2D eigenvalue weighted by Gasteiger charge is -2.01. The van der Waals surface area contributed by atoms with Gasteiger partial charge in [-0.15, -0.1) is 0 Å². The Hall–Kier alpha value is -1.52. The molecule has 1 aromatic carbocycles. The van der Waals surface area contributed by atoms with Crippen molar-refractivity contribution in [3.05, 3.63) is 39.7 Å². The zero-order valence-electron chi connectivity index (χ0n) is 9.66. The van der Waals surface area contributed by atoms with Gasteiger partial charge in [-0.25, -0.2) is 9.78 Å². The normalized spacial score (nSPS) is 10.4. The summed E-state index contributed by atoms with van der Waals surface area (Å²) in [7, 11) is 1.28. The van der Waals surface area contributed by atoms with Crippen molar-refractivity contribution in [2.75, 3.05) is 7.11 Å². The van der Waals surface area contributed by atoms with Crippen molar-refractivity contribution in [3.63, 3.8) is 0 Å². The van der Waals surface area contributed by atoms with Gasteiger partial charge in [-0.05, 0) is 19.1 Å². The molecule has 0 fully saturated rings. The van der Waals surface area contributed by atoms with Crippen LogP contribution in [-0.2, 0) is 4.74 Å². The highest BCUT2D eigenvalue weighted by Crippen LogP contribution is 2.34. The summed E-state index contributed by atoms with van der Waals surface area (Å²) >= 11 is 12.1. The van der Waals surface area contributed by atoms with Gasteiger partial charge in [-0.1, -0.05) is 29.3 Å². The molecular formula is C12H9Cl2NO3. The fraction of sp³-hybridized carbons (Fsp3) is 0.167. The number of hydrogen-bond donors (Lipinski definition) is 0. The maximum atomic E-state index is 11.4. The Balaban J connectivity index is 2.56. The number of carbonyl (C=O) groups excluding carboxylic acids is 1. The van der Waals surface area contributed by atoms with E-state index in [1.54, 1.807) is 25.1 Å². The number of halogens is 2. The van der Waals surface area contributed by atoms with Crippen molar-refractivity contribution in [2.45, 2.75) is 6.92 Å². The first-order valence-electron chi connectivity index (χ1n) is 5.04. The zero-order chi connectivity index (χ0) is 13.3. The van der Waals surface area contributed by atoms with Crippen LogP contribution in [0, 0.1) is 6.92 Å². The number of ether oxygens (including phenoxy) is 1. The van der Waals surface area contributed by atoms with Crippen LogP contribution in [0.2, 0.25) is 10.0 Å². The van der Waals surface area contributed by atoms with Gasteiger partial charge >= 0.3 is 5.97 Å². The summed E-state index contributed by atoms with van der Waals surface area (Å²) in [6, 6.07) is 5.05. The number of methoxy groups -OCH3 is 1. The molecular weight excluding hydrogens is 277 g/mol. The predicted molar refractivity (Wildman–Crippen MR) is 68.0 cm³/mol. The van der Waals surface area contributed by atoms with Crippen molar-refractivity contribution in [1.29, 1.82) is 0 Å². The number of hydrogen-bond acceptors (Lipinski definition) is 4. The second-order valence-corrected chi connectivity index (χ2v) is 4.33. The van der Waals surface area contributed by atoms with Crippen molar-refractivity contribution in [3.8, 4) is 11.5 Å². The molecule has 6 heteroatoms. The van der Waals surface area contributed by atoms with E-state index in [2.05, 4.69) is 9.72 Å². The maximum Gasteiger partial charge on any atom is 0.360 e. The largest absolute Gasteiger partial charge is 0.464 e. The van der Waals surface area contributed by atoms with Gasteiger partial charge in [-0.3, -0.25) is 0 Å². The molecule has 0 bridgehead atoms. The summed E-state index contributed by atoms with van der Waals surface area (Å²) < 4.78 is 10.0. The van der Waals surface area contributed by atoms with Crippen LogP contribution in [0.25, 0.3) is 11.5 Å². The number of nitrogens with zero attached hydrogens (tertiary/aromatic N) is 1. The van der Waals surface area contributed by atoms with Gasteiger partial charge < -0.3 is 9.15 Å². The van der Waals surface area contributed by atoms with Gasteiger partial charge in [0.25, 0.3) is 0 Å². The Kier molecular flexibility index (Phi) is 3.59. The standard InChI is InChI=1S/C12H9Cl2NO3/c1-6-10(12(16)17-2)15-11(18-6)9-7(13)4-3-5-8(9)14/h3-5H,1-2H3. The molecule has 0 N–H and O–H groups in total. The third kappa shape index (κ3) is 2.21. The Morgan fingerprint density at radius 3 is 2.50 bits per heavy atom. The van der Waals surface area contributed by atoms with E-state index in [1.807, 2.05) is 0 Å². The molecule has 2 aromatic rings. The first-order valence-corrected chi connectivity index (χ1v) is 5.80. The number of esters is 1. The van der Waals surface area contributed by atoms with Crippen molar-refractivity contribution < 1.29 is 13.9 Å². The van der Waals surface area contributed by atoms with Gasteiger partial charge in [0.2, 0.25) is 5.89 Å². The maximum absolute atomic E-state index is 11.4. The number of aromatic nitrogens is 1. The molecule has 1 heterocycles. The number of aryl methyl sites for hydroxylation is 1. The molecule has 0 radical (unpaired) electrons. The van der Waals surface area contributed by atoms with Crippen LogP contribution in [0.3, 0.4) is 0 Å². The summed E-state index contributed by atoms with van der Waals surface area (Å²) in [5.41, 5.74) is 0.572. The van der Waals surface area contributed by atoms with E-state index in [0.717, 1.165) is 0 Å². The highest BCUT2D eigenvalue weighted by atomic mass is 35.5. The fourth-order valence-electron chi connectivity index (χ4n) is 1.49. The van der Waals surface area contributed by atoms with E-state index < -0.39 is 5.97 Å². The minimum absolute atomic E-state index is 0.114. The van der Waals surface area contributed by atoms with Gasteiger partial charge in [0.15, 0.2) is 5.69 Å². The molecule has 0 amide bonds. The van der Waals surface area contributed by atoms with Crippen molar-refractivity contribution in [1.82, 2.24) is 4.98 Å². The lowest BCUT2D eigenvalue weighted by Crippen LogP contribution is -2.03. The summed E-state index contributed by atoms with van der Waals surface area (Å²) in [4.78, 5) is 15.5. The average Bonchev–Trinajstić information content (AvgIpc) is 2.70. The average molecular weight is 286 g/mol. The van der Waals surface area contributed by atoms with Crippen LogP contribution >= 0.6 is 23.2 Å². The third-order valence-corrected chi connectivity index (χ3v) is 2.98. The first kappa shape index (κ1) is 12.9. The first-order chi connectivity index (χ1) is 8.54. The highest BCUT2D eigenvalue weighted by Gasteiger charge is 2.21. The van der Waals surface area contributed by atoms with Gasteiger partial charge in [0, 0.05) is 0 Å². The fourth-order valence-corrected chi connectivity index (χ4v) is 2.05. The lowest BCUT2D eigenvalue weighted by atomic mass is 10.2. The van der Waals surface area contributed by atoms with Crippen molar-refractivity contribution >= 4 is 29.2 Å². The van der Waals surface area contributed by atoms with E-state index in [0.29, 0.717) is 21.4 Å². The molecule has 2 rings (SSSR count). The van der Waals surface area contributed by atoms with Crippen molar-refractivity contribution in [2.24, 2.45) is 0 Å². The molecule has 0 aliphatic carbocycles. The van der Waals surface area contributed by atoms with Crippen LogP contribution in [-0.4, -0.2) is 18.1 Å². The summed E-state index contributed by atoms with van der Waals surface area (Å²) in [6.07, 6.45) is 0. The molecule has 0 spiro atoms. The highest BCUT2D eigenvalue weighted by molar-refractivity contribution is 6.38. The predicted octanol–water partition coefficient (Wildman–Crippen LogP) is 3.74. The van der Waals surface area contributed by atoms with Gasteiger partial charge in [-0.2, -0.15) is 0 Å². The van der Waals surface area contributed by atoms with Crippen LogP contribution < -0.4 is 0 Å². The Morgan fingerprint density at radius 1 is 1.33 bits per heavy atom. The molecule has 0 aliphatic heterocycles. The van der Waals surface area contributed by atoms with Crippen LogP contribution in [0.5, 0.6) is 0 Å². The van der Waals surface area contributed by atoms with E-state index in [4.69, 9.17) is 27.6 Å². The second-order valence-electron chi connectivity index (χ2n) is 3.51. The molecule has 4 nitrogen and oxygen atoms in total. The minimum atomic E-state index is -0.564. The Labute approximate surface area is 113 Å². The molecule has 0 saturated carbocycles. The Morgan fingerprint density at radius 2 is 1.94 bits per heavy atom. The number of benzene rings is 1. The van der Waals surface area contributed by atoms with Crippen LogP contribution in [0.15, 0.2) is 22.6 Å². The van der Waals surface area contributed by atoms with Crippen LogP contribution in [0.4, 0.5) is 0 Å².